The van der Waals surface area contributed by atoms with E-state index >= 15 is 0 Å². The average molecular weight is 643 g/mol. The zero-order valence-corrected chi connectivity index (χ0v) is 26.8. The molecule has 12 nitrogen and oxygen atoms in total. The van der Waals surface area contributed by atoms with Gasteiger partial charge in [-0.2, -0.15) is 0 Å². The summed E-state index contributed by atoms with van der Waals surface area (Å²) in [4.78, 5) is 14.2. The van der Waals surface area contributed by atoms with Crippen LogP contribution in [0.1, 0.15) is 60.5 Å². The Morgan fingerprint density at radius 1 is 0.891 bits per heavy atom. The summed E-state index contributed by atoms with van der Waals surface area (Å²) in [5, 5.41) is 44.0. The minimum Gasteiger partial charge on any atom is -0.493 e. The molecule has 0 bridgehead atoms. The summed E-state index contributed by atoms with van der Waals surface area (Å²) < 4.78 is 28.3. The molecule has 0 aromatic heterocycles. The molecule has 0 saturated carbocycles. The van der Waals surface area contributed by atoms with Gasteiger partial charge in [0.05, 0.1) is 21.3 Å². The number of ether oxygens (including phenoxy) is 5. The van der Waals surface area contributed by atoms with E-state index in [0.717, 1.165) is 74.4 Å². The van der Waals surface area contributed by atoms with Crippen LogP contribution in [0.5, 0.6) is 23.0 Å². The first kappa shape index (κ1) is 32.8. The summed E-state index contributed by atoms with van der Waals surface area (Å²) in [5.41, 5.74) is 4.84. The minimum absolute atomic E-state index is 0.0932. The van der Waals surface area contributed by atoms with Gasteiger partial charge in [-0.1, -0.05) is 13.3 Å². The van der Waals surface area contributed by atoms with E-state index in [-0.39, 0.29) is 11.8 Å². The highest BCUT2D eigenvalue weighted by atomic mass is 16.7. The molecule has 4 aliphatic heterocycles. The van der Waals surface area contributed by atoms with Crippen LogP contribution in [0.4, 0.5) is 0 Å². The van der Waals surface area contributed by atoms with Crippen LogP contribution in [0.25, 0.3) is 0 Å². The number of aliphatic carboxylic acids is 1. The molecule has 2 fully saturated rings. The fraction of sp³-hybridized carbons (Fsp3) is 0.618. The second-order valence-corrected chi connectivity index (χ2v) is 12.9. The van der Waals surface area contributed by atoms with Crippen LogP contribution in [-0.2, 0) is 22.4 Å². The number of rotatable bonds is 9. The third-order valence-electron chi connectivity index (χ3n) is 10.5. The van der Waals surface area contributed by atoms with E-state index in [1.165, 1.54) is 18.2 Å². The van der Waals surface area contributed by atoms with E-state index < -0.39 is 36.7 Å². The Kier molecular flexibility index (Phi) is 9.65. The fourth-order valence-corrected chi connectivity index (χ4v) is 7.94. The minimum atomic E-state index is -1.80. The molecule has 2 aromatic rings. The Morgan fingerprint density at radius 3 is 2.24 bits per heavy atom. The molecule has 0 radical (unpaired) electrons. The van der Waals surface area contributed by atoms with Crippen LogP contribution < -0.4 is 24.3 Å². The molecule has 0 spiro atoms. The number of nitrogens with zero attached hydrogens (tertiary/aromatic N) is 1. The quantitative estimate of drug-likeness (QED) is 0.272. The maximum atomic E-state index is 11.6. The lowest BCUT2D eigenvalue weighted by atomic mass is 9.72. The molecule has 9 unspecified atom stereocenters. The highest BCUT2D eigenvalue weighted by molar-refractivity contribution is 5.73. The summed E-state index contributed by atoms with van der Waals surface area (Å²) in [7, 11) is 4.88. The number of aliphatic hydroxyl groups is 3. The van der Waals surface area contributed by atoms with Crippen LogP contribution in [0.2, 0.25) is 0 Å². The Hall–Kier alpha value is -3.13. The van der Waals surface area contributed by atoms with Crippen molar-refractivity contribution in [1.29, 1.82) is 0 Å². The molecule has 2 aromatic carbocycles. The lowest BCUT2D eigenvalue weighted by Gasteiger charge is -2.48. The van der Waals surface area contributed by atoms with E-state index in [0.29, 0.717) is 23.6 Å². The average Bonchev–Trinajstić information content (AvgIpc) is 3.07. The number of hydrogen-bond acceptors (Lipinski definition) is 11. The van der Waals surface area contributed by atoms with Crippen molar-refractivity contribution in [2.75, 3.05) is 41.0 Å². The van der Waals surface area contributed by atoms with Gasteiger partial charge in [0.15, 0.2) is 29.1 Å². The zero-order valence-electron chi connectivity index (χ0n) is 26.8. The molecule has 12 heteroatoms. The van der Waals surface area contributed by atoms with Crippen molar-refractivity contribution in [3.8, 4) is 23.0 Å². The van der Waals surface area contributed by atoms with Crippen LogP contribution in [0.15, 0.2) is 24.3 Å². The molecule has 252 valence electrons. The SMILES string of the molecule is CCC1CN2CCc3cc(OC)c(OC)cc3C2CC1CC1NCCc2cc(OC3OC(C(=O)O)C(O)C(O)C3O)c(OC)cc21. The molecule has 0 amide bonds. The van der Waals surface area contributed by atoms with E-state index in [1.807, 2.05) is 12.1 Å². The Balaban J connectivity index is 1.24. The number of carboxylic acids is 1. The highest BCUT2D eigenvalue weighted by Crippen LogP contribution is 2.48. The molecule has 46 heavy (non-hydrogen) atoms. The van der Waals surface area contributed by atoms with Gasteiger partial charge in [-0.05, 0) is 90.6 Å². The smallest absolute Gasteiger partial charge is 0.335 e. The molecule has 5 N–H and O–H groups in total. The molecule has 0 aliphatic carbocycles. The van der Waals surface area contributed by atoms with Crippen LogP contribution in [-0.4, -0.2) is 103 Å². The topological polar surface area (TPSA) is 159 Å². The number of piperidine rings is 1. The lowest BCUT2D eigenvalue weighted by molar-refractivity contribution is -0.271. The van der Waals surface area contributed by atoms with Crippen molar-refractivity contribution in [2.24, 2.45) is 11.8 Å². The van der Waals surface area contributed by atoms with Gasteiger partial charge in [-0.25, -0.2) is 4.79 Å². The predicted octanol–water partition coefficient (Wildman–Crippen LogP) is 2.21. The van der Waals surface area contributed by atoms with E-state index in [2.05, 4.69) is 29.3 Å². The van der Waals surface area contributed by atoms with Crippen LogP contribution >= 0.6 is 0 Å². The van der Waals surface area contributed by atoms with E-state index in [9.17, 15) is 25.2 Å². The zero-order chi connectivity index (χ0) is 32.7. The van der Waals surface area contributed by atoms with Gasteiger partial charge in [0.2, 0.25) is 6.29 Å². The second-order valence-electron chi connectivity index (χ2n) is 12.9. The second kappa shape index (κ2) is 13.5. The summed E-state index contributed by atoms with van der Waals surface area (Å²) in [5.74, 6) is 1.77. The molecule has 6 rings (SSSR count). The number of aliphatic hydroxyl groups excluding tert-OH is 3. The maximum absolute atomic E-state index is 11.6. The monoisotopic (exact) mass is 642 g/mol. The number of hydrogen-bond donors (Lipinski definition) is 5. The largest absolute Gasteiger partial charge is 0.493 e. The van der Waals surface area contributed by atoms with Crippen LogP contribution in [0, 0.1) is 11.8 Å². The van der Waals surface area contributed by atoms with Gasteiger partial charge in [-0.3, -0.25) is 4.90 Å². The number of methoxy groups -OCH3 is 3. The number of carbonyl (C=O) groups is 1. The summed E-state index contributed by atoms with van der Waals surface area (Å²) in [6.07, 6.45) is -3.65. The van der Waals surface area contributed by atoms with Gasteiger partial charge in [0.25, 0.3) is 0 Å². The number of carboxylic acid groups (broad SMARTS) is 1. The van der Waals surface area contributed by atoms with Gasteiger partial charge in [-0.15, -0.1) is 0 Å². The molecular formula is C34H46N2O10. The van der Waals surface area contributed by atoms with Crippen molar-refractivity contribution in [3.63, 3.8) is 0 Å². The highest BCUT2D eigenvalue weighted by Gasteiger charge is 2.48. The third kappa shape index (κ3) is 6.02. The standard InChI is InChI=1S/C34H46N2O10/c1-5-17-16-36-9-7-19-12-25(42-2)26(43-3)15-22(19)24(36)11-20(17)10-23-21-14-27(44-4)28(13-18(21)6-8-35-23)45-34-31(39)29(37)30(38)32(46-34)33(40)41/h12-15,17,20,23-24,29-32,34-35,37-39H,5-11,16H2,1-4H3,(H,40,41). The lowest BCUT2D eigenvalue weighted by Crippen LogP contribution is -2.61. The first-order valence-corrected chi connectivity index (χ1v) is 16.2. The van der Waals surface area contributed by atoms with Crippen LogP contribution in [0.3, 0.4) is 0 Å². The van der Waals surface area contributed by atoms with Gasteiger partial charge in [0.1, 0.15) is 18.3 Å². The molecule has 4 heterocycles. The van der Waals surface area contributed by atoms with Crippen molar-refractivity contribution in [3.05, 3.63) is 46.5 Å². The Bertz CT molecular complexity index is 1420. The van der Waals surface area contributed by atoms with E-state index in [4.69, 9.17) is 23.7 Å². The van der Waals surface area contributed by atoms with Crippen molar-refractivity contribution in [1.82, 2.24) is 10.2 Å². The van der Waals surface area contributed by atoms with Crippen molar-refractivity contribution < 1.29 is 48.9 Å². The van der Waals surface area contributed by atoms with Gasteiger partial charge in [0, 0.05) is 25.2 Å². The van der Waals surface area contributed by atoms with Gasteiger partial charge >= 0.3 is 5.97 Å². The number of fused-ring (bicyclic) bond motifs is 4. The molecule has 4 aliphatic rings. The summed E-state index contributed by atoms with van der Waals surface area (Å²) >= 11 is 0. The first-order chi connectivity index (χ1) is 22.2. The van der Waals surface area contributed by atoms with Gasteiger partial charge < -0.3 is 49.4 Å². The first-order valence-electron chi connectivity index (χ1n) is 16.2. The third-order valence-corrected chi connectivity index (χ3v) is 10.5. The number of benzene rings is 2. The van der Waals surface area contributed by atoms with E-state index in [1.54, 1.807) is 14.2 Å². The summed E-state index contributed by atoms with van der Waals surface area (Å²) in [6, 6.07) is 8.51. The fourth-order valence-electron chi connectivity index (χ4n) is 7.94. The predicted molar refractivity (Wildman–Crippen MR) is 166 cm³/mol. The van der Waals surface area contributed by atoms with Crippen molar-refractivity contribution in [2.45, 2.75) is 81.8 Å². The maximum Gasteiger partial charge on any atom is 0.335 e. The normalized spacial score (nSPS) is 32.5. The number of nitrogens with one attached hydrogen (secondary N) is 1. The summed E-state index contributed by atoms with van der Waals surface area (Å²) in [6.45, 7) is 5.14. The van der Waals surface area contributed by atoms with Crippen molar-refractivity contribution >= 4 is 5.97 Å². The molecular weight excluding hydrogens is 596 g/mol. The molecule has 9 atom stereocenters. The Morgan fingerprint density at radius 2 is 1.54 bits per heavy atom. The Labute approximate surface area is 269 Å². The molecule has 2 saturated heterocycles.